The van der Waals surface area contributed by atoms with Crippen LogP contribution in [0.2, 0.25) is 5.02 Å². The van der Waals surface area contributed by atoms with Gasteiger partial charge in [0.15, 0.2) is 0 Å². The van der Waals surface area contributed by atoms with Gasteiger partial charge in [-0.15, -0.1) is 0 Å². The van der Waals surface area contributed by atoms with Crippen LogP contribution in [-0.2, 0) is 6.54 Å². The van der Waals surface area contributed by atoms with Crippen LogP contribution < -0.4 is 5.32 Å². The molecule has 0 atom stereocenters. The molecule has 6 heteroatoms. The fraction of sp³-hybridized carbons (Fsp3) is 0.214. The quantitative estimate of drug-likeness (QED) is 0.670. The summed E-state index contributed by atoms with van der Waals surface area (Å²) in [5.41, 5.74) is 3.34. The molecule has 1 aromatic heterocycles. The number of fused-ring (bicyclic) bond motifs is 1. The Bertz CT molecular complexity index is 711. The Morgan fingerprint density at radius 3 is 2.75 bits per heavy atom. The lowest BCUT2D eigenvalue weighted by molar-refractivity contribution is 1.00. The molecule has 0 unspecified atom stereocenters. The van der Waals surface area contributed by atoms with E-state index < -0.39 is 0 Å². The minimum Gasteiger partial charge on any atom is -0.330 e. The number of rotatable bonds is 1. The third-order valence-corrected chi connectivity index (χ3v) is 4.67. The van der Waals surface area contributed by atoms with Crippen molar-refractivity contribution in [3.8, 4) is 5.69 Å². The molecule has 2 aromatic rings. The highest BCUT2D eigenvalue weighted by atomic mass is 79.9. The molecule has 0 aliphatic carbocycles. The fourth-order valence-electron chi connectivity index (χ4n) is 2.35. The molecule has 0 spiro atoms. The minimum atomic E-state index is 0.686. The highest BCUT2D eigenvalue weighted by molar-refractivity contribution is 9.11. The average Bonchev–Trinajstić information content (AvgIpc) is 2.65. The molecule has 0 radical (unpaired) electrons. The van der Waals surface area contributed by atoms with Gasteiger partial charge < -0.3 is 9.88 Å². The Balaban J connectivity index is 2.23. The average molecular weight is 418 g/mol. The van der Waals surface area contributed by atoms with Gasteiger partial charge in [0.05, 0.1) is 23.1 Å². The van der Waals surface area contributed by atoms with Crippen molar-refractivity contribution in [2.24, 2.45) is 4.99 Å². The smallest absolute Gasteiger partial charge is 0.121 e. The van der Waals surface area contributed by atoms with E-state index in [2.05, 4.69) is 59.9 Å². The van der Waals surface area contributed by atoms with Crippen molar-refractivity contribution < 1.29 is 0 Å². The lowest BCUT2D eigenvalue weighted by Crippen LogP contribution is -2.16. The van der Waals surface area contributed by atoms with Gasteiger partial charge in [-0.1, -0.05) is 27.5 Å². The molecular formula is C14H12Br2ClN3. The topological polar surface area (TPSA) is 29.3 Å². The third-order valence-electron chi connectivity index (χ3n) is 3.32. The van der Waals surface area contributed by atoms with Crippen molar-refractivity contribution in [3.63, 3.8) is 0 Å². The maximum Gasteiger partial charge on any atom is 0.121 e. The molecule has 3 rings (SSSR count). The van der Waals surface area contributed by atoms with Crippen LogP contribution in [0, 0.1) is 6.92 Å². The van der Waals surface area contributed by atoms with Gasteiger partial charge in [0.2, 0.25) is 0 Å². The Labute approximate surface area is 139 Å². The summed E-state index contributed by atoms with van der Waals surface area (Å²) < 4.78 is 3.97. The highest BCUT2D eigenvalue weighted by Crippen LogP contribution is 2.37. The van der Waals surface area contributed by atoms with Crippen LogP contribution in [0.25, 0.3) is 5.69 Å². The zero-order chi connectivity index (χ0) is 14.4. The van der Waals surface area contributed by atoms with Crippen molar-refractivity contribution in [1.82, 2.24) is 4.57 Å². The van der Waals surface area contributed by atoms with Crippen molar-refractivity contribution in [2.45, 2.75) is 20.4 Å². The Morgan fingerprint density at radius 1 is 1.30 bits per heavy atom. The summed E-state index contributed by atoms with van der Waals surface area (Å²) in [6.45, 7) is 4.76. The molecule has 104 valence electrons. The van der Waals surface area contributed by atoms with E-state index in [1.54, 1.807) is 0 Å². The van der Waals surface area contributed by atoms with E-state index in [4.69, 9.17) is 11.6 Å². The zero-order valence-corrected chi connectivity index (χ0v) is 14.9. The van der Waals surface area contributed by atoms with Gasteiger partial charge in [0.1, 0.15) is 5.82 Å². The van der Waals surface area contributed by atoms with Crippen molar-refractivity contribution in [2.75, 3.05) is 5.32 Å². The van der Waals surface area contributed by atoms with Crippen LogP contribution in [0.1, 0.15) is 18.1 Å². The number of hydrogen-bond acceptors (Lipinski definition) is 2. The van der Waals surface area contributed by atoms with E-state index in [0.717, 1.165) is 26.3 Å². The molecule has 1 aliphatic heterocycles. The molecule has 0 fully saturated rings. The van der Waals surface area contributed by atoms with E-state index in [1.165, 1.54) is 11.1 Å². The summed E-state index contributed by atoms with van der Waals surface area (Å²) in [5, 5.41) is 4.02. The molecule has 1 aromatic carbocycles. The normalized spacial score (nSPS) is 13.8. The summed E-state index contributed by atoms with van der Waals surface area (Å²) in [4.78, 5) is 4.44. The summed E-state index contributed by atoms with van der Waals surface area (Å²) in [5.74, 6) is 1.96. The van der Waals surface area contributed by atoms with Crippen molar-refractivity contribution >= 4 is 55.1 Å². The zero-order valence-electron chi connectivity index (χ0n) is 11.0. The first-order valence-electron chi connectivity index (χ1n) is 6.11. The molecule has 20 heavy (non-hydrogen) atoms. The van der Waals surface area contributed by atoms with Crippen LogP contribution in [-0.4, -0.2) is 10.4 Å². The SMILES string of the molecule is CC1=NCc2c(C)cn(-c3c(Cl)cc(Br)cc3Br)c2N1. The lowest BCUT2D eigenvalue weighted by atomic mass is 10.2. The van der Waals surface area contributed by atoms with E-state index in [9.17, 15) is 0 Å². The number of halogens is 3. The number of aromatic nitrogens is 1. The van der Waals surface area contributed by atoms with E-state index in [1.807, 2.05) is 19.1 Å². The van der Waals surface area contributed by atoms with Gasteiger partial charge in [-0.25, -0.2) is 0 Å². The van der Waals surface area contributed by atoms with Gasteiger partial charge >= 0.3 is 0 Å². The molecule has 1 aliphatic rings. The van der Waals surface area contributed by atoms with Crippen LogP contribution in [0.4, 0.5) is 5.82 Å². The first-order valence-corrected chi connectivity index (χ1v) is 8.07. The number of nitrogens with one attached hydrogen (secondary N) is 1. The largest absolute Gasteiger partial charge is 0.330 e. The van der Waals surface area contributed by atoms with Gasteiger partial charge in [-0.3, -0.25) is 4.99 Å². The van der Waals surface area contributed by atoms with Crippen LogP contribution in [0.5, 0.6) is 0 Å². The minimum absolute atomic E-state index is 0.686. The summed E-state index contributed by atoms with van der Waals surface area (Å²) >= 11 is 13.5. The number of hydrogen-bond donors (Lipinski definition) is 1. The van der Waals surface area contributed by atoms with Gasteiger partial charge in [0.25, 0.3) is 0 Å². The van der Waals surface area contributed by atoms with E-state index in [-0.39, 0.29) is 0 Å². The second-order valence-corrected chi connectivity index (χ2v) is 6.93. The molecule has 3 nitrogen and oxygen atoms in total. The lowest BCUT2D eigenvalue weighted by Gasteiger charge is -2.18. The Morgan fingerprint density at radius 2 is 2.05 bits per heavy atom. The summed E-state index contributed by atoms with van der Waals surface area (Å²) in [7, 11) is 0. The monoisotopic (exact) mass is 415 g/mol. The standard InChI is InChI=1S/C14H12Br2ClN3/c1-7-6-20(14-10(7)5-18-8(2)19-14)13-11(16)3-9(15)4-12(13)17/h3-4,6H,5H2,1-2H3,(H,18,19). The molecule has 0 bridgehead atoms. The summed E-state index contributed by atoms with van der Waals surface area (Å²) in [6.07, 6.45) is 2.09. The first-order chi connectivity index (χ1) is 9.47. The second kappa shape index (κ2) is 5.20. The maximum absolute atomic E-state index is 6.42. The molecule has 2 heterocycles. The van der Waals surface area contributed by atoms with Crippen molar-refractivity contribution in [1.29, 1.82) is 0 Å². The van der Waals surface area contributed by atoms with Crippen molar-refractivity contribution in [3.05, 3.63) is 43.4 Å². The second-order valence-electron chi connectivity index (χ2n) is 4.75. The third kappa shape index (κ3) is 2.32. The van der Waals surface area contributed by atoms with Gasteiger partial charge in [-0.2, -0.15) is 0 Å². The molecule has 0 saturated carbocycles. The number of benzene rings is 1. The Hall–Kier alpha value is -0.780. The predicted octanol–water partition coefficient (Wildman–Crippen LogP) is 5.31. The van der Waals surface area contributed by atoms with Gasteiger partial charge in [0, 0.05) is 20.7 Å². The highest BCUT2D eigenvalue weighted by Gasteiger charge is 2.20. The number of anilines is 1. The van der Waals surface area contributed by atoms with Gasteiger partial charge in [-0.05, 0) is 47.5 Å². The Kier molecular flexibility index (Phi) is 3.69. The predicted molar refractivity (Wildman–Crippen MR) is 91.4 cm³/mol. The van der Waals surface area contributed by atoms with E-state index in [0.29, 0.717) is 11.6 Å². The van der Waals surface area contributed by atoms with Crippen LogP contribution in [0.3, 0.4) is 0 Å². The number of nitrogens with zero attached hydrogens (tertiary/aromatic N) is 2. The fourth-order valence-corrected chi connectivity index (χ4v) is 4.33. The first kappa shape index (κ1) is 14.2. The number of amidine groups is 1. The molecule has 1 N–H and O–H groups in total. The summed E-state index contributed by atoms with van der Waals surface area (Å²) in [6, 6.07) is 3.89. The van der Waals surface area contributed by atoms with Crippen LogP contribution in [0.15, 0.2) is 32.3 Å². The number of aliphatic imine (C=N–C) groups is 1. The number of aryl methyl sites for hydroxylation is 1. The molecular weight excluding hydrogens is 405 g/mol. The van der Waals surface area contributed by atoms with E-state index >= 15 is 0 Å². The molecule has 0 amide bonds. The maximum atomic E-state index is 6.42. The molecule has 0 saturated heterocycles. The van der Waals surface area contributed by atoms with Crippen LogP contribution >= 0.6 is 43.5 Å².